The number of anilines is 1. The summed E-state index contributed by atoms with van der Waals surface area (Å²) in [5.41, 5.74) is 2.72. The van der Waals surface area contributed by atoms with Crippen molar-refractivity contribution in [1.29, 1.82) is 0 Å². The number of barbiturate groups is 1. The molecule has 5 rings (SSSR count). The van der Waals surface area contributed by atoms with Crippen LogP contribution in [0.25, 0.3) is 16.8 Å². The number of rotatable bonds is 6. The Balaban J connectivity index is 1.56. The summed E-state index contributed by atoms with van der Waals surface area (Å²) in [4.78, 5) is 40.0. The number of carbonyl (C=O) groups is 3. The Morgan fingerprint density at radius 2 is 1.68 bits per heavy atom. The van der Waals surface area contributed by atoms with Gasteiger partial charge in [-0.05, 0) is 64.7 Å². The monoisotopic (exact) mass is 510 g/mol. The molecule has 0 radical (unpaired) electrons. The number of ether oxygens (including phenoxy) is 1. The lowest BCUT2D eigenvalue weighted by molar-refractivity contribution is -0.122. The van der Waals surface area contributed by atoms with Crippen LogP contribution in [-0.4, -0.2) is 17.8 Å². The van der Waals surface area contributed by atoms with Crippen molar-refractivity contribution in [1.82, 2.24) is 5.32 Å². The number of nitrogens with one attached hydrogen (secondary N) is 1. The summed E-state index contributed by atoms with van der Waals surface area (Å²) in [5, 5.41) is 4.61. The van der Waals surface area contributed by atoms with E-state index in [9.17, 15) is 14.4 Å². The minimum Gasteiger partial charge on any atom is -0.488 e. The fourth-order valence-electron chi connectivity index (χ4n) is 4.26. The Hall–Kier alpha value is -4.42. The van der Waals surface area contributed by atoms with E-state index in [1.165, 1.54) is 6.08 Å². The predicted octanol–water partition coefficient (Wildman–Crippen LogP) is 6.30. The number of carbonyl (C=O) groups excluding carboxylic acids is 3. The second-order valence-electron chi connectivity index (χ2n) is 8.59. The highest BCUT2D eigenvalue weighted by atomic mass is 35.5. The third-order valence-corrected chi connectivity index (χ3v) is 6.44. The molecule has 1 heterocycles. The first-order valence-electron chi connectivity index (χ1n) is 11.8. The number of benzene rings is 4. The van der Waals surface area contributed by atoms with E-state index < -0.39 is 17.8 Å². The lowest BCUT2D eigenvalue weighted by atomic mass is 9.99. The summed E-state index contributed by atoms with van der Waals surface area (Å²) in [7, 11) is 0. The summed E-state index contributed by atoms with van der Waals surface area (Å²) >= 11 is 6.11. The maximum atomic E-state index is 13.5. The maximum Gasteiger partial charge on any atom is 0.335 e. The Morgan fingerprint density at radius 1 is 0.892 bits per heavy atom. The van der Waals surface area contributed by atoms with Crippen LogP contribution in [0.2, 0.25) is 5.02 Å². The molecule has 37 heavy (non-hydrogen) atoms. The van der Waals surface area contributed by atoms with Crippen LogP contribution in [0.3, 0.4) is 0 Å². The summed E-state index contributed by atoms with van der Waals surface area (Å²) in [6, 6.07) is 25.0. The largest absolute Gasteiger partial charge is 0.488 e. The zero-order chi connectivity index (χ0) is 25.9. The van der Waals surface area contributed by atoms with E-state index in [0.29, 0.717) is 22.0 Å². The molecule has 0 aromatic heterocycles. The molecule has 0 atom stereocenters. The summed E-state index contributed by atoms with van der Waals surface area (Å²) in [6.07, 6.45) is 2.32. The molecule has 6 nitrogen and oxygen atoms in total. The molecular formula is C30H23ClN2O4. The smallest absolute Gasteiger partial charge is 0.335 e. The van der Waals surface area contributed by atoms with Crippen molar-refractivity contribution in [3.63, 3.8) is 0 Å². The van der Waals surface area contributed by atoms with E-state index in [0.717, 1.165) is 33.2 Å². The second kappa shape index (κ2) is 10.3. The van der Waals surface area contributed by atoms with E-state index >= 15 is 0 Å². The molecule has 0 bridgehead atoms. The van der Waals surface area contributed by atoms with Gasteiger partial charge in [0, 0.05) is 10.6 Å². The van der Waals surface area contributed by atoms with Gasteiger partial charge in [0.15, 0.2) is 0 Å². The van der Waals surface area contributed by atoms with E-state index in [-0.39, 0.29) is 12.2 Å². The predicted molar refractivity (Wildman–Crippen MR) is 145 cm³/mol. The molecule has 1 N–H and O–H groups in total. The van der Waals surface area contributed by atoms with Crippen molar-refractivity contribution in [3.05, 3.63) is 112 Å². The number of urea groups is 1. The van der Waals surface area contributed by atoms with Gasteiger partial charge in [0.2, 0.25) is 0 Å². The molecule has 0 unspecified atom stereocenters. The minimum absolute atomic E-state index is 0.164. The van der Waals surface area contributed by atoms with Crippen LogP contribution in [-0.2, 0) is 22.6 Å². The van der Waals surface area contributed by atoms with Crippen LogP contribution in [0.15, 0.2) is 90.5 Å². The maximum absolute atomic E-state index is 13.5. The number of amides is 4. The normalized spacial score (nSPS) is 14.8. The van der Waals surface area contributed by atoms with Gasteiger partial charge in [0.1, 0.15) is 17.9 Å². The van der Waals surface area contributed by atoms with Crippen molar-refractivity contribution in [2.45, 2.75) is 20.0 Å². The van der Waals surface area contributed by atoms with Gasteiger partial charge in [0.05, 0.1) is 5.69 Å². The van der Waals surface area contributed by atoms with E-state index in [1.54, 1.807) is 24.3 Å². The SMILES string of the molecule is CCc1ccc(N2C(=O)NC(=O)/C(=C\c3c(OCc4cccc(Cl)c4)ccc4ccccc34)C2=O)cc1. The zero-order valence-electron chi connectivity index (χ0n) is 20.0. The Bertz CT molecular complexity index is 1560. The van der Waals surface area contributed by atoms with Crippen LogP contribution in [0, 0.1) is 0 Å². The number of hydrogen-bond acceptors (Lipinski definition) is 4. The van der Waals surface area contributed by atoms with Gasteiger partial charge in [-0.1, -0.05) is 73.1 Å². The Morgan fingerprint density at radius 3 is 2.43 bits per heavy atom. The van der Waals surface area contributed by atoms with E-state index in [2.05, 4.69) is 5.32 Å². The van der Waals surface area contributed by atoms with Gasteiger partial charge >= 0.3 is 6.03 Å². The van der Waals surface area contributed by atoms with Crippen LogP contribution < -0.4 is 15.0 Å². The molecule has 7 heteroatoms. The first-order chi connectivity index (χ1) is 17.9. The highest BCUT2D eigenvalue weighted by Gasteiger charge is 2.37. The van der Waals surface area contributed by atoms with Gasteiger partial charge in [-0.2, -0.15) is 0 Å². The first-order valence-corrected chi connectivity index (χ1v) is 12.2. The molecule has 1 fully saturated rings. The molecule has 0 spiro atoms. The number of nitrogens with zero attached hydrogens (tertiary/aromatic N) is 1. The quantitative estimate of drug-likeness (QED) is 0.244. The van der Waals surface area contributed by atoms with Crippen LogP contribution in [0.4, 0.5) is 10.5 Å². The summed E-state index contributed by atoms with van der Waals surface area (Å²) in [5.74, 6) is -0.973. The number of halogens is 1. The molecule has 4 aromatic carbocycles. The van der Waals surface area contributed by atoms with Crippen molar-refractivity contribution < 1.29 is 19.1 Å². The van der Waals surface area contributed by atoms with Gasteiger partial charge in [-0.25, -0.2) is 9.69 Å². The van der Waals surface area contributed by atoms with Gasteiger partial charge < -0.3 is 4.74 Å². The van der Waals surface area contributed by atoms with Gasteiger partial charge in [-0.15, -0.1) is 0 Å². The van der Waals surface area contributed by atoms with Crippen LogP contribution >= 0.6 is 11.6 Å². The Kier molecular flexibility index (Phi) is 6.75. The van der Waals surface area contributed by atoms with Gasteiger partial charge in [0.25, 0.3) is 11.8 Å². The molecular weight excluding hydrogens is 488 g/mol. The lowest BCUT2D eigenvalue weighted by Crippen LogP contribution is -2.54. The standard InChI is InChI=1S/C30H23ClN2O4/c1-2-19-10-13-23(14-11-19)33-29(35)26(28(34)32-30(33)36)17-25-24-9-4-3-7-21(24)12-15-27(25)37-18-20-6-5-8-22(31)16-20/h3-17H,2,18H2,1H3,(H,32,34,36)/b26-17+. The third kappa shape index (κ3) is 4.97. The molecule has 0 saturated carbocycles. The number of aryl methyl sites for hydroxylation is 1. The van der Waals surface area contributed by atoms with Crippen molar-refractivity contribution in [2.75, 3.05) is 4.90 Å². The van der Waals surface area contributed by atoms with Crippen molar-refractivity contribution in [2.24, 2.45) is 0 Å². The van der Waals surface area contributed by atoms with Crippen LogP contribution in [0.5, 0.6) is 5.75 Å². The topological polar surface area (TPSA) is 75.7 Å². The second-order valence-corrected chi connectivity index (χ2v) is 9.03. The first kappa shape index (κ1) is 24.3. The van der Waals surface area contributed by atoms with E-state index in [1.807, 2.05) is 67.6 Å². The summed E-state index contributed by atoms with van der Waals surface area (Å²) in [6.45, 7) is 2.26. The number of fused-ring (bicyclic) bond motifs is 1. The highest BCUT2D eigenvalue weighted by molar-refractivity contribution is 6.39. The van der Waals surface area contributed by atoms with Crippen molar-refractivity contribution in [3.8, 4) is 5.75 Å². The molecule has 1 aliphatic heterocycles. The average Bonchev–Trinajstić information content (AvgIpc) is 2.90. The average molecular weight is 511 g/mol. The molecule has 1 saturated heterocycles. The molecule has 4 amide bonds. The van der Waals surface area contributed by atoms with Crippen molar-refractivity contribution >= 4 is 52.0 Å². The lowest BCUT2D eigenvalue weighted by Gasteiger charge is -2.26. The minimum atomic E-state index is -0.785. The molecule has 4 aromatic rings. The number of imide groups is 2. The highest BCUT2D eigenvalue weighted by Crippen LogP contribution is 2.32. The third-order valence-electron chi connectivity index (χ3n) is 6.21. The summed E-state index contributed by atoms with van der Waals surface area (Å²) < 4.78 is 6.13. The zero-order valence-corrected chi connectivity index (χ0v) is 20.8. The fourth-order valence-corrected chi connectivity index (χ4v) is 4.47. The molecule has 0 aliphatic carbocycles. The number of hydrogen-bond donors (Lipinski definition) is 1. The molecule has 1 aliphatic rings. The fraction of sp³-hybridized carbons (Fsp3) is 0.100. The van der Waals surface area contributed by atoms with Gasteiger partial charge in [-0.3, -0.25) is 14.9 Å². The van der Waals surface area contributed by atoms with E-state index in [4.69, 9.17) is 16.3 Å². The Labute approximate surface area is 219 Å². The molecule has 184 valence electrons. The van der Waals surface area contributed by atoms with Crippen LogP contribution in [0.1, 0.15) is 23.6 Å².